The number of hydrogen-bond acceptors (Lipinski definition) is 12. The summed E-state index contributed by atoms with van der Waals surface area (Å²) in [6.45, 7) is 1.40. The number of nitrogens with zero attached hydrogens (tertiary/aromatic N) is 6. The number of likely N-dealkylation sites (N-methyl/N-ethyl adjacent to an activating group) is 3. The lowest BCUT2D eigenvalue weighted by molar-refractivity contribution is -0.143. The Morgan fingerprint density at radius 1 is 0.521 bits per heavy atom. The van der Waals surface area contributed by atoms with Crippen LogP contribution >= 0.6 is 0 Å². The molecule has 1 amide bonds. The van der Waals surface area contributed by atoms with Crippen LogP contribution in [0, 0.1) is 0 Å². The number of nitrogens with one attached hydrogen (secondary N) is 1. The maximum Gasteiger partial charge on any atom is 0.317 e. The molecule has 0 saturated carbocycles. The van der Waals surface area contributed by atoms with Crippen molar-refractivity contribution >= 4 is 41.3 Å². The number of benzene rings is 1. The quantitative estimate of drug-likeness (QED) is 0.0707. The molecule has 270 valence electrons. The third kappa shape index (κ3) is 21.0. The molecule has 48 heavy (non-hydrogen) atoms. The minimum atomic E-state index is -1.24. The van der Waals surface area contributed by atoms with Gasteiger partial charge in [0.05, 0.1) is 39.3 Å². The van der Waals surface area contributed by atoms with Gasteiger partial charge in [-0.15, -0.1) is 0 Å². The van der Waals surface area contributed by atoms with Crippen LogP contribution in [0.5, 0.6) is 0 Å². The highest BCUT2D eigenvalue weighted by Crippen LogP contribution is 2.11. The van der Waals surface area contributed by atoms with Gasteiger partial charge in [-0.2, -0.15) is 0 Å². The van der Waals surface area contributed by atoms with Gasteiger partial charge in [-0.25, -0.2) is 0 Å². The minimum absolute atomic E-state index is 0.000492. The Kier molecular flexibility index (Phi) is 19.7. The van der Waals surface area contributed by atoms with Gasteiger partial charge in [0.2, 0.25) is 5.91 Å². The molecule has 0 aromatic heterocycles. The maximum atomic E-state index is 12.8. The lowest BCUT2D eigenvalue weighted by Gasteiger charge is -2.27. The van der Waals surface area contributed by atoms with E-state index in [0.29, 0.717) is 12.2 Å². The number of Topliss-reactive ketones (excluding diaryl/α,β-unsaturated/α-hetero) is 1. The van der Waals surface area contributed by atoms with E-state index in [4.69, 9.17) is 10.2 Å². The van der Waals surface area contributed by atoms with Gasteiger partial charge in [-0.1, -0.05) is 12.1 Å². The molecule has 17 heteroatoms. The van der Waals surface area contributed by atoms with Crippen molar-refractivity contribution in [1.82, 2.24) is 29.4 Å². The third-order valence-corrected chi connectivity index (χ3v) is 7.15. The summed E-state index contributed by atoms with van der Waals surface area (Å²) in [6.07, 6.45) is 0.235. The van der Waals surface area contributed by atoms with Crippen molar-refractivity contribution < 1.29 is 49.2 Å². The number of carbonyl (C=O) groups is 6. The van der Waals surface area contributed by atoms with E-state index in [1.807, 2.05) is 26.0 Å². The first kappa shape index (κ1) is 42.0. The molecule has 17 nitrogen and oxygen atoms in total. The van der Waals surface area contributed by atoms with E-state index in [1.165, 1.54) is 9.80 Å². The summed E-state index contributed by atoms with van der Waals surface area (Å²) in [5.41, 5.74) is 1.24. The van der Waals surface area contributed by atoms with Gasteiger partial charge in [0, 0.05) is 64.5 Å². The Morgan fingerprint density at radius 2 is 0.938 bits per heavy atom. The Labute approximate surface area is 281 Å². The second-order valence-electron chi connectivity index (χ2n) is 12.1. The summed E-state index contributed by atoms with van der Waals surface area (Å²) in [4.78, 5) is 80.6. The molecular weight excluding hydrogens is 630 g/mol. The van der Waals surface area contributed by atoms with Crippen LogP contribution in [0.25, 0.3) is 0 Å². The van der Waals surface area contributed by atoms with Crippen molar-refractivity contribution in [3.05, 3.63) is 29.8 Å². The monoisotopic (exact) mass is 681 g/mol. The number of anilines is 1. The molecule has 0 bridgehead atoms. The zero-order valence-electron chi connectivity index (χ0n) is 28.3. The van der Waals surface area contributed by atoms with Crippen molar-refractivity contribution in [1.29, 1.82) is 0 Å². The van der Waals surface area contributed by atoms with Crippen LogP contribution < -0.4 is 5.32 Å². The first-order chi connectivity index (χ1) is 22.5. The normalized spacial score (nSPS) is 11.6. The fourth-order valence-electron chi connectivity index (χ4n) is 4.63. The highest BCUT2D eigenvalue weighted by atomic mass is 16.4. The fourth-order valence-corrected chi connectivity index (χ4v) is 4.63. The number of ketones is 1. The van der Waals surface area contributed by atoms with Crippen molar-refractivity contribution in [3.8, 4) is 0 Å². The van der Waals surface area contributed by atoms with E-state index in [-0.39, 0.29) is 44.9 Å². The number of hydrogen-bond donors (Lipinski definition) is 5. The van der Waals surface area contributed by atoms with Gasteiger partial charge in [0.1, 0.15) is 0 Å². The van der Waals surface area contributed by atoms with Crippen LogP contribution in [-0.2, 0) is 35.2 Å². The Morgan fingerprint density at radius 3 is 1.42 bits per heavy atom. The van der Waals surface area contributed by atoms with E-state index in [9.17, 15) is 39.0 Å². The van der Waals surface area contributed by atoms with Crippen LogP contribution in [-0.4, -0.2) is 205 Å². The summed E-state index contributed by atoms with van der Waals surface area (Å²) in [5, 5.41) is 39.4. The molecule has 0 aliphatic rings. The molecule has 0 aliphatic carbocycles. The minimum Gasteiger partial charge on any atom is -0.480 e. The van der Waals surface area contributed by atoms with Crippen molar-refractivity contribution in [3.63, 3.8) is 0 Å². The summed E-state index contributed by atoms with van der Waals surface area (Å²) in [6, 6.07) is 6.78. The molecule has 0 spiro atoms. The molecule has 0 radical (unpaired) electrons. The lowest BCUT2D eigenvalue weighted by atomic mass is 10.1. The SMILES string of the molecule is CN(C)CCN(C)CCN(C)CC(=O)Cc1ccc(NC(=O)CN(CCN(CCN(CC(=O)O)CC(=O)O)CC(=O)O)CC(=O)O)cc1. The van der Waals surface area contributed by atoms with E-state index < -0.39 is 56.0 Å². The van der Waals surface area contributed by atoms with Crippen LogP contribution in [0.1, 0.15) is 5.56 Å². The van der Waals surface area contributed by atoms with Gasteiger partial charge in [0.25, 0.3) is 0 Å². The van der Waals surface area contributed by atoms with E-state index in [2.05, 4.69) is 22.2 Å². The standard InChI is InChI=1S/C31H51N7O10/c1-33(2)9-10-34(3)11-12-35(4)18-26(39)17-24-5-7-25(8-6-24)32-27(40)19-37(21-29(43)44)15-13-36(20-28(41)42)14-16-38(22-30(45)46)23-31(47)48/h5-8H,9-23H2,1-4H3,(H,32,40)(H,41,42)(H,43,44)(H,45,46)(H,47,48). The Balaban J connectivity index is 2.67. The topological polar surface area (TPSA) is 215 Å². The second-order valence-corrected chi connectivity index (χ2v) is 12.1. The van der Waals surface area contributed by atoms with Crippen LogP contribution in [0.2, 0.25) is 0 Å². The smallest absolute Gasteiger partial charge is 0.317 e. The summed E-state index contributed by atoms with van der Waals surface area (Å²) >= 11 is 0. The number of carboxylic acids is 4. The molecule has 0 saturated heterocycles. The molecule has 0 unspecified atom stereocenters. The molecule has 1 rings (SSSR count). The molecule has 0 atom stereocenters. The summed E-state index contributed by atoms with van der Waals surface area (Å²) in [7, 11) is 8.01. The first-order valence-electron chi connectivity index (χ1n) is 15.5. The number of carbonyl (C=O) groups excluding carboxylic acids is 2. The summed E-state index contributed by atoms with van der Waals surface area (Å²) < 4.78 is 0. The maximum absolute atomic E-state index is 12.8. The van der Waals surface area contributed by atoms with Crippen molar-refractivity contribution in [2.75, 3.05) is 125 Å². The number of amides is 1. The van der Waals surface area contributed by atoms with Gasteiger partial charge in [-0.3, -0.25) is 48.4 Å². The van der Waals surface area contributed by atoms with Gasteiger partial charge < -0.3 is 35.5 Å². The lowest BCUT2D eigenvalue weighted by Crippen LogP contribution is -2.46. The highest BCUT2D eigenvalue weighted by Gasteiger charge is 2.20. The third-order valence-electron chi connectivity index (χ3n) is 7.15. The van der Waals surface area contributed by atoms with Crippen molar-refractivity contribution in [2.24, 2.45) is 0 Å². The van der Waals surface area contributed by atoms with E-state index >= 15 is 0 Å². The largest absolute Gasteiger partial charge is 0.480 e. The average molecular weight is 682 g/mol. The molecule has 0 heterocycles. The zero-order valence-corrected chi connectivity index (χ0v) is 28.3. The number of aliphatic carboxylic acids is 4. The van der Waals surface area contributed by atoms with Gasteiger partial charge >= 0.3 is 23.9 Å². The van der Waals surface area contributed by atoms with Gasteiger partial charge in [0.15, 0.2) is 5.78 Å². The predicted octanol–water partition coefficient (Wildman–Crippen LogP) is -1.59. The van der Waals surface area contributed by atoms with E-state index in [0.717, 1.165) is 36.6 Å². The predicted molar refractivity (Wildman–Crippen MR) is 177 cm³/mol. The summed E-state index contributed by atoms with van der Waals surface area (Å²) in [5.74, 6) is -5.30. The molecule has 0 aliphatic heterocycles. The van der Waals surface area contributed by atoms with Crippen LogP contribution in [0.4, 0.5) is 5.69 Å². The molecule has 5 N–H and O–H groups in total. The first-order valence-corrected chi connectivity index (χ1v) is 15.5. The van der Waals surface area contributed by atoms with Crippen molar-refractivity contribution in [2.45, 2.75) is 6.42 Å². The second kappa shape index (κ2) is 22.5. The fraction of sp³-hybridized carbons (Fsp3) is 0.613. The van der Waals surface area contributed by atoms with Crippen LogP contribution in [0.3, 0.4) is 0 Å². The Bertz CT molecular complexity index is 1180. The molecule has 0 fully saturated rings. The highest BCUT2D eigenvalue weighted by molar-refractivity contribution is 5.92. The molecule has 1 aromatic carbocycles. The molecular formula is C31H51N7O10. The van der Waals surface area contributed by atoms with E-state index in [1.54, 1.807) is 24.3 Å². The van der Waals surface area contributed by atoms with Gasteiger partial charge in [-0.05, 0) is 45.9 Å². The molecule has 1 aromatic rings. The Hall–Kier alpha value is -4.00. The number of carboxylic acid groups (broad SMARTS) is 4. The number of rotatable bonds is 27. The van der Waals surface area contributed by atoms with Crippen LogP contribution in [0.15, 0.2) is 24.3 Å². The zero-order chi connectivity index (χ0) is 36.2. The average Bonchev–Trinajstić information content (AvgIpc) is 2.95.